The quantitative estimate of drug-likeness (QED) is 0.675. The van der Waals surface area contributed by atoms with Gasteiger partial charge >= 0.3 is 0 Å². The summed E-state index contributed by atoms with van der Waals surface area (Å²) in [5, 5.41) is 40.7. The fraction of sp³-hybridized carbons (Fsp3) is 0.438. The summed E-state index contributed by atoms with van der Waals surface area (Å²) in [7, 11) is 0. The van der Waals surface area contributed by atoms with Crippen LogP contribution in [-0.2, 0) is 9.59 Å². The maximum atomic E-state index is 11.0. The van der Waals surface area contributed by atoms with E-state index in [-0.39, 0.29) is 39.5 Å². The van der Waals surface area contributed by atoms with Crippen molar-refractivity contribution in [3.8, 4) is 30.3 Å². The van der Waals surface area contributed by atoms with Gasteiger partial charge in [0.05, 0.1) is 30.3 Å². The summed E-state index contributed by atoms with van der Waals surface area (Å²) in [4.78, 5) is 20.6. The Bertz CT molecular complexity index is 603. The van der Waals surface area contributed by atoms with Crippen LogP contribution in [0.4, 0.5) is 0 Å². The first-order chi connectivity index (χ1) is 11.3. The van der Waals surface area contributed by atoms with E-state index < -0.39 is 17.2 Å². The van der Waals surface area contributed by atoms with Crippen molar-refractivity contribution in [2.45, 2.75) is 39.5 Å². The average Bonchev–Trinajstić information content (AvgIpc) is 2.56. The van der Waals surface area contributed by atoms with E-state index in [2.05, 4.69) is 12.3 Å². The zero-order valence-electron chi connectivity index (χ0n) is 13.0. The lowest BCUT2D eigenvalue weighted by Gasteiger charge is -2.19. The smallest absolute Gasteiger partial charge is 0.237 e. The minimum Gasteiger partial charge on any atom is -0.369 e. The molecular formula is C16H21N7O2. The van der Waals surface area contributed by atoms with Gasteiger partial charge in [0.15, 0.2) is 0 Å². The summed E-state index contributed by atoms with van der Waals surface area (Å²) in [6, 6.07) is 8.79. The van der Waals surface area contributed by atoms with E-state index in [4.69, 9.17) is 32.0 Å². The van der Waals surface area contributed by atoms with Crippen LogP contribution in [0.5, 0.6) is 0 Å². The van der Waals surface area contributed by atoms with E-state index in [1.807, 2.05) is 18.2 Å². The second-order valence-electron chi connectivity index (χ2n) is 4.01. The normalized spacial score (nSPS) is 7.48. The predicted octanol–water partition coefficient (Wildman–Crippen LogP) is 1.31. The Morgan fingerprint density at radius 3 is 1.48 bits per heavy atom. The lowest BCUT2D eigenvalue weighted by atomic mass is 9.80. The number of allylic oxidation sites excluding steroid dienone is 1. The molecule has 0 saturated carbocycles. The van der Waals surface area contributed by atoms with Gasteiger partial charge in [0, 0.05) is 18.9 Å². The van der Waals surface area contributed by atoms with Crippen molar-refractivity contribution < 1.29 is 9.59 Å². The van der Waals surface area contributed by atoms with E-state index in [9.17, 15) is 9.59 Å². The van der Waals surface area contributed by atoms with Crippen molar-refractivity contribution in [3.05, 3.63) is 12.7 Å². The number of carbonyl (C=O) groups excluding carboxylic acids is 2. The van der Waals surface area contributed by atoms with Crippen LogP contribution in [0.3, 0.4) is 0 Å². The Balaban J connectivity index is -0.000000167. The molecule has 2 amide bonds. The zero-order valence-corrected chi connectivity index (χ0v) is 13.0. The zero-order chi connectivity index (χ0) is 19.4. The van der Waals surface area contributed by atoms with E-state index in [0.717, 1.165) is 0 Å². The Morgan fingerprint density at radius 1 is 0.960 bits per heavy atom. The lowest BCUT2D eigenvalue weighted by molar-refractivity contribution is -0.125. The molecule has 25 heavy (non-hydrogen) atoms. The number of nitrogens with two attached hydrogens (primary N) is 2. The van der Waals surface area contributed by atoms with Crippen LogP contribution in [0.25, 0.3) is 0 Å². The number of primary amides is 2. The van der Waals surface area contributed by atoms with E-state index in [0.29, 0.717) is 0 Å². The molecule has 0 aliphatic rings. The summed E-state index contributed by atoms with van der Waals surface area (Å²) < 4.78 is 0. The monoisotopic (exact) mass is 343 g/mol. The first-order valence-corrected chi connectivity index (χ1v) is 6.42. The number of amides is 2. The van der Waals surface area contributed by atoms with Gasteiger partial charge in [-0.1, -0.05) is 14.0 Å². The number of rotatable bonds is 6. The van der Waals surface area contributed by atoms with Gasteiger partial charge in [-0.25, -0.2) is 0 Å². The second-order valence-corrected chi connectivity index (χ2v) is 4.01. The Morgan fingerprint density at radius 2 is 1.36 bits per heavy atom. The third kappa shape index (κ3) is 18.1. The van der Waals surface area contributed by atoms with E-state index in [1.165, 1.54) is 6.08 Å². The number of nitriles is 5. The molecule has 0 radical (unpaired) electrons. The standard InChI is InChI=1S/C9H10N4O.C3H4N2O.C3H3N.CH4/c10-5-1-3-9(7-12,8(13)14)4-2-6-11;4-2-1-3(5)6;1-2-3-4;/h1-4H2,(H2,13,14);1H2,(H2,5,6);2H,1H2;1H4. The number of carbonyl (C=O) groups is 2. The highest BCUT2D eigenvalue weighted by Crippen LogP contribution is 2.28. The SMILES string of the molecule is C.C=CC#N.N#CCC(N)=O.N#CCCC(C#N)(CCC#N)C(N)=O. The third-order valence-corrected chi connectivity index (χ3v) is 2.36. The number of nitrogens with zero attached hydrogens (tertiary/aromatic N) is 5. The van der Waals surface area contributed by atoms with Crippen LogP contribution in [0.1, 0.15) is 39.5 Å². The van der Waals surface area contributed by atoms with Gasteiger partial charge in [-0.05, 0) is 12.8 Å². The van der Waals surface area contributed by atoms with Crippen molar-refractivity contribution in [2.24, 2.45) is 16.9 Å². The highest BCUT2D eigenvalue weighted by atomic mass is 16.1. The number of hydrogen-bond donors (Lipinski definition) is 2. The maximum absolute atomic E-state index is 11.0. The molecule has 0 aromatic carbocycles. The van der Waals surface area contributed by atoms with Crippen molar-refractivity contribution in [3.63, 3.8) is 0 Å². The topological polar surface area (TPSA) is 205 Å². The molecule has 9 heteroatoms. The van der Waals surface area contributed by atoms with Gasteiger partial charge < -0.3 is 11.5 Å². The van der Waals surface area contributed by atoms with Gasteiger partial charge in [-0.2, -0.15) is 26.3 Å². The molecular weight excluding hydrogens is 322 g/mol. The molecule has 0 unspecified atom stereocenters. The molecule has 0 saturated heterocycles. The molecule has 0 heterocycles. The van der Waals surface area contributed by atoms with E-state index >= 15 is 0 Å². The molecule has 0 bridgehead atoms. The van der Waals surface area contributed by atoms with Crippen molar-refractivity contribution in [1.82, 2.24) is 0 Å². The average molecular weight is 343 g/mol. The van der Waals surface area contributed by atoms with Crippen molar-refractivity contribution in [1.29, 1.82) is 26.3 Å². The molecule has 0 aliphatic heterocycles. The third-order valence-electron chi connectivity index (χ3n) is 2.36. The van der Waals surface area contributed by atoms with Crippen LogP contribution < -0.4 is 11.5 Å². The molecule has 0 rings (SSSR count). The highest BCUT2D eigenvalue weighted by molar-refractivity contribution is 5.83. The summed E-state index contributed by atoms with van der Waals surface area (Å²) in [5.74, 6) is -1.33. The van der Waals surface area contributed by atoms with Crippen LogP contribution in [0, 0.1) is 62.1 Å². The lowest BCUT2D eigenvalue weighted by Crippen LogP contribution is -2.35. The molecule has 0 atom stereocenters. The second kappa shape index (κ2) is 20.1. The predicted molar refractivity (Wildman–Crippen MR) is 88.9 cm³/mol. The molecule has 4 N–H and O–H groups in total. The first kappa shape index (κ1) is 29.2. The van der Waals surface area contributed by atoms with Crippen LogP contribution in [-0.4, -0.2) is 11.8 Å². The molecule has 0 aromatic heterocycles. The summed E-state index contributed by atoms with van der Waals surface area (Å²) in [6.07, 6.45) is 1.36. The first-order valence-electron chi connectivity index (χ1n) is 6.42. The Labute approximate surface area is 148 Å². The fourth-order valence-corrected chi connectivity index (χ4v) is 1.15. The molecule has 0 fully saturated rings. The molecule has 9 nitrogen and oxygen atoms in total. The Hall–Kier alpha value is -3.87. The summed E-state index contributed by atoms with van der Waals surface area (Å²) in [5.41, 5.74) is 8.27. The number of hydrogen-bond acceptors (Lipinski definition) is 7. The van der Waals surface area contributed by atoms with E-state index in [1.54, 1.807) is 12.1 Å². The minimum absolute atomic E-state index is 0. The summed E-state index contributed by atoms with van der Waals surface area (Å²) in [6.45, 7) is 3.12. The van der Waals surface area contributed by atoms with Gasteiger partial charge in [0.2, 0.25) is 11.8 Å². The highest BCUT2D eigenvalue weighted by Gasteiger charge is 2.35. The Kier molecular flexibility index (Phi) is 23.5. The summed E-state index contributed by atoms with van der Waals surface area (Å²) >= 11 is 0. The molecule has 0 aliphatic carbocycles. The molecule has 0 aromatic rings. The van der Waals surface area contributed by atoms with Crippen molar-refractivity contribution in [2.75, 3.05) is 0 Å². The van der Waals surface area contributed by atoms with Crippen LogP contribution >= 0.6 is 0 Å². The minimum atomic E-state index is -1.36. The molecule has 132 valence electrons. The van der Waals surface area contributed by atoms with Crippen LogP contribution in [0.15, 0.2) is 12.7 Å². The maximum Gasteiger partial charge on any atom is 0.237 e. The fourth-order valence-electron chi connectivity index (χ4n) is 1.15. The molecule has 0 spiro atoms. The largest absolute Gasteiger partial charge is 0.369 e. The van der Waals surface area contributed by atoms with Gasteiger partial charge in [0.25, 0.3) is 0 Å². The van der Waals surface area contributed by atoms with Gasteiger partial charge in [0.1, 0.15) is 11.8 Å². The van der Waals surface area contributed by atoms with Gasteiger partial charge in [-0.15, -0.1) is 0 Å². The van der Waals surface area contributed by atoms with Gasteiger partial charge in [-0.3, -0.25) is 9.59 Å². The van der Waals surface area contributed by atoms with Crippen LogP contribution in [0.2, 0.25) is 0 Å². The van der Waals surface area contributed by atoms with Crippen molar-refractivity contribution >= 4 is 11.8 Å².